The highest BCUT2D eigenvalue weighted by atomic mass is 16.1. The van der Waals surface area contributed by atoms with E-state index in [-0.39, 0.29) is 11.1 Å². The maximum atomic E-state index is 11.1. The molecule has 1 aromatic rings. The van der Waals surface area contributed by atoms with E-state index in [2.05, 4.69) is 5.10 Å². The maximum absolute atomic E-state index is 11.1. The lowest BCUT2D eigenvalue weighted by Gasteiger charge is -2.07. The van der Waals surface area contributed by atoms with Crippen molar-refractivity contribution in [1.82, 2.24) is 9.78 Å². The molecule has 1 heterocycles. The number of nitrogens with zero attached hydrogens (tertiary/aromatic N) is 2. The van der Waals surface area contributed by atoms with Crippen LogP contribution in [0, 0.1) is 0 Å². The average molecular weight is 193 g/mol. The Morgan fingerprint density at radius 3 is 2.86 bits per heavy atom. The van der Waals surface area contributed by atoms with Crippen molar-refractivity contribution >= 4 is 0 Å². The van der Waals surface area contributed by atoms with Crippen LogP contribution in [0.15, 0.2) is 16.9 Å². The highest BCUT2D eigenvalue weighted by molar-refractivity contribution is 5.05. The molecule has 1 aromatic heterocycles. The monoisotopic (exact) mass is 193 g/mol. The van der Waals surface area contributed by atoms with Gasteiger partial charge >= 0.3 is 0 Å². The molecule has 0 aliphatic heterocycles. The first kappa shape index (κ1) is 9.40. The fourth-order valence-corrected chi connectivity index (χ4v) is 1.47. The molecule has 2 N–H and O–H groups in total. The van der Waals surface area contributed by atoms with E-state index in [0.29, 0.717) is 0 Å². The molecule has 76 valence electrons. The summed E-state index contributed by atoms with van der Waals surface area (Å²) in [5.41, 5.74) is 6.91. The molecule has 0 saturated heterocycles. The van der Waals surface area contributed by atoms with E-state index >= 15 is 0 Å². The van der Waals surface area contributed by atoms with Gasteiger partial charge < -0.3 is 5.73 Å². The van der Waals surface area contributed by atoms with Crippen molar-refractivity contribution in [3.63, 3.8) is 0 Å². The summed E-state index contributed by atoms with van der Waals surface area (Å²) in [5.74, 6) is 0. The van der Waals surface area contributed by atoms with Crippen LogP contribution in [0.2, 0.25) is 0 Å². The Morgan fingerprint density at radius 2 is 2.29 bits per heavy atom. The summed E-state index contributed by atoms with van der Waals surface area (Å²) in [7, 11) is 1.67. The van der Waals surface area contributed by atoms with Crippen LogP contribution in [0.1, 0.15) is 25.0 Å². The molecule has 14 heavy (non-hydrogen) atoms. The smallest absolute Gasteiger partial charge is 0.266 e. The van der Waals surface area contributed by atoms with Gasteiger partial charge in [0.1, 0.15) is 0 Å². The third-order valence-corrected chi connectivity index (χ3v) is 2.79. The van der Waals surface area contributed by atoms with Gasteiger partial charge in [-0.15, -0.1) is 0 Å². The zero-order chi connectivity index (χ0) is 10.2. The lowest BCUT2D eigenvalue weighted by Crippen LogP contribution is -2.24. The van der Waals surface area contributed by atoms with Gasteiger partial charge in [0.2, 0.25) is 0 Å². The summed E-state index contributed by atoms with van der Waals surface area (Å²) >= 11 is 0. The van der Waals surface area contributed by atoms with E-state index in [4.69, 9.17) is 5.73 Å². The van der Waals surface area contributed by atoms with Gasteiger partial charge in [-0.2, -0.15) is 5.10 Å². The van der Waals surface area contributed by atoms with Gasteiger partial charge in [-0.1, -0.05) is 0 Å². The minimum Gasteiger partial charge on any atom is -0.325 e. The Hall–Kier alpha value is -1.16. The normalized spacial score (nSPS) is 18.1. The SMILES string of the molecule is Cn1nc(CCC2(N)CC2)ccc1=O. The number of aryl methyl sites for hydroxylation is 2. The quantitative estimate of drug-likeness (QED) is 0.746. The summed E-state index contributed by atoms with van der Waals surface area (Å²) < 4.78 is 1.37. The van der Waals surface area contributed by atoms with Crippen molar-refractivity contribution in [3.8, 4) is 0 Å². The van der Waals surface area contributed by atoms with Gasteiger partial charge in [-0.05, 0) is 31.7 Å². The van der Waals surface area contributed by atoms with Gasteiger partial charge in [0.25, 0.3) is 5.56 Å². The molecule has 1 saturated carbocycles. The van der Waals surface area contributed by atoms with Crippen LogP contribution in [0.5, 0.6) is 0 Å². The molecule has 0 radical (unpaired) electrons. The van der Waals surface area contributed by atoms with Crippen molar-refractivity contribution in [2.24, 2.45) is 12.8 Å². The molecule has 0 spiro atoms. The van der Waals surface area contributed by atoms with E-state index in [0.717, 1.165) is 31.4 Å². The summed E-state index contributed by atoms with van der Waals surface area (Å²) in [6, 6.07) is 3.34. The Bertz CT molecular complexity index is 393. The highest BCUT2D eigenvalue weighted by Gasteiger charge is 2.37. The Labute approximate surface area is 82.7 Å². The number of nitrogens with two attached hydrogens (primary N) is 1. The maximum Gasteiger partial charge on any atom is 0.266 e. The van der Waals surface area contributed by atoms with Crippen LogP contribution >= 0.6 is 0 Å². The first-order chi connectivity index (χ1) is 6.59. The Morgan fingerprint density at radius 1 is 1.57 bits per heavy atom. The minimum atomic E-state index is -0.0670. The molecule has 2 rings (SSSR count). The zero-order valence-electron chi connectivity index (χ0n) is 8.36. The molecule has 4 nitrogen and oxygen atoms in total. The third kappa shape index (κ3) is 2.01. The summed E-state index contributed by atoms with van der Waals surface area (Å²) in [6.45, 7) is 0. The predicted molar refractivity (Wildman–Crippen MR) is 54.0 cm³/mol. The number of hydrogen-bond donors (Lipinski definition) is 1. The van der Waals surface area contributed by atoms with E-state index in [1.54, 1.807) is 19.2 Å². The van der Waals surface area contributed by atoms with Crippen LogP contribution in [0.25, 0.3) is 0 Å². The van der Waals surface area contributed by atoms with Crippen LogP contribution in [-0.2, 0) is 13.5 Å². The highest BCUT2D eigenvalue weighted by Crippen LogP contribution is 2.36. The van der Waals surface area contributed by atoms with Crippen molar-refractivity contribution in [3.05, 3.63) is 28.2 Å². The average Bonchev–Trinajstić information content (AvgIpc) is 2.87. The van der Waals surface area contributed by atoms with Crippen LogP contribution in [0.4, 0.5) is 0 Å². The second kappa shape index (κ2) is 3.20. The van der Waals surface area contributed by atoms with E-state index in [9.17, 15) is 4.79 Å². The molecule has 1 aliphatic rings. The largest absolute Gasteiger partial charge is 0.325 e. The molecule has 0 amide bonds. The molecule has 0 atom stereocenters. The Kier molecular flexibility index (Phi) is 2.15. The number of hydrogen-bond acceptors (Lipinski definition) is 3. The first-order valence-electron chi connectivity index (χ1n) is 4.91. The lowest BCUT2D eigenvalue weighted by molar-refractivity contribution is 0.585. The zero-order valence-corrected chi connectivity index (χ0v) is 8.36. The molecule has 0 aromatic carbocycles. The molecule has 0 unspecified atom stereocenters. The van der Waals surface area contributed by atoms with E-state index in [1.807, 2.05) is 0 Å². The standard InChI is InChI=1S/C10H15N3O/c1-13-9(14)3-2-8(12-13)4-5-10(11)6-7-10/h2-3H,4-7,11H2,1H3. The van der Waals surface area contributed by atoms with Gasteiger partial charge in [-0.3, -0.25) is 4.79 Å². The second-order valence-electron chi connectivity index (χ2n) is 4.15. The third-order valence-electron chi connectivity index (χ3n) is 2.79. The molecule has 1 fully saturated rings. The van der Waals surface area contributed by atoms with Gasteiger partial charge in [0.15, 0.2) is 0 Å². The number of rotatable bonds is 3. The van der Waals surface area contributed by atoms with Crippen LogP contribution in [0.3, 0.4) is 0 Å². The fraction of sp³-hybridized carbons (Fsp3) is 0.600. The number of aromatic nitrogens is 2. The minimum absolute atomic E-state index is 0.0659. The first-order valence-corrected chi connectivity index (χ1v) is 4.91. The lowest BCUT2D eigenvalue weighted by atomic mass is 10.1. The van der Waals surface area contributed by atoms with Crippen LogP contribution in [-0.4, -0.2) is 15.3 Å². The second-order valence-corrected chi connectivity index (χ2v) is 4.15. The van der Waals surface area contributed by atoms with Crippen molar-refractivity contribution in [2.45, 2.75) is 31.2 Å². The molecular formula is C10H15N3O. The van der Waals surface area contributed by atoms with Crippen molar-refractivity contribution in [2.75, 3.05) is 0 Å². The topological polar surface area (TPSA) is 60.9 Å². The van der Waals surface area contributed by atoms with Gasteiger partial charge in [0, 0.05) is 18.7 Å². The predicted octanol–water partition coefficient (Wildman–Crippen LogP) is 0.204. The molecule has 0 bridgehead atoms. The summed E-state index contributed by atoms with van der Waals surface area (Å²) in [6.07, 6.45) is 4.08. The summed E-state index contributed by atoms with van der Waals surface area (Å²) in [4.78, 5) is 11.1. The summed E-state index contributed by atoms with van der Waals surface area (Å²) in [5, 5.41) is 4.15. The molecule has 1 aliphatic carbocycles. The van der Waals surface area contributed by atoms with E-state index < -0.39 is 0 Å². The van der Waals surface area contributed by atoms with Crippen molar-refractivity contribution < 1.29 is 0 Å². The van der Waals surface area contributed by atoms with Crippen LogP contribution < -0.4 is 11.3 Å². The molecular weight excluding hydrogens is 178 g/mol. The Balaban J connectivity index is 2.02. The fourth-order valence-electron chi connectivity index (χ4n) is 1.47. The van der Waals surface area contributed by atoms with Gasteiger partial charge in [-0.25, -0.2) is 4.68 Å². The van der Waals surface area contributed by atoms with Gasteiger partial charge in [0.05, 0.1) is 5.69 Å². The van der Waals surface area contributed by atoms with E-state index in [1.165, 1.54) is 4.68 Å². The molecule has 4 heteroatoms. The van der Waals surface area contributed by atoms with Crippen molar-refractivity contribution in [1.29, 1.82) is 0 Å².